The Morgan fingerprint density at radius 3 is 0.800 bits per heavy atom. The Kier molecular flexibility index (Phi) is 41.0. The van der Waals surface area contributed by atoms with Crippen LogP contribution >= 0.6 is 21.6 Å². The van der Waals surface area contributed by atoms with Crippen molar-refractivity contribution in [3.05, 3.63) is 0 Å². The van der Waals surface area contributed by atoms with Crippen molar-refractivity contribution in [2.45, 2.75) is 231 Å². The molecule has 0 radical (unpaired) electrons. The molecule has 0 fully saturated rings. The molecule has 2 unspecified atom stereocenters. The van der Waals surface area contributed by atoms with Gasteiger partial charge in [0.15, 0.2) is 0 Å². The number of hydrogen-bond donors (Lipinski definition) is 2. The molecular weight excluding hydrogens is 661 g/mol. The van der Waals surface area contributed by atoms with E-state index in [-0.39, 0.29) is 11.9 Å². The maximum atomic E-state index is 12.2. The van der Waals surface area contributed by atoms with Crippen molar-refractivity contribution in [1.29, 1.82) is 0 Å². The van der Waals surface area contributed by atoms with E-state index in [1.165, 1.54) is 201 Å². The maximum Gasteiger partial charge on any atom is 0.323 e. The third-order valence-corrected chi connectivity index (χ3v) is 12.1. The Morgan fingerprint density at radius 1 is 0.380 bits per heavy atom. The summed E-state index contributed by atoms with van der Waals surface area (Å²) < 4.78 is 10.8. The highest BCUT2D eigenvalue weighted by Gasteiger charge is 2.18. The molecule has 0 bridgehead atoms. The van der Waals surface area contributed by atoms with E-state index < -0.39 is 12.1 Å². The molecule has 0 saturated heterocycles. The van der Waals surface area contributed by atoms with Crippen molar-refractivity contribution in [3.63, 3.8) is 0 Å². The molecule has 2 atom stereocenters. The Balaban J connectivity index is 3.45. The van der Waals surface area contributed by atoms with Gasteiger partial charge in [-0.1, -0.05) is 228 Å². The van der Waals surface area contributed by atoms with Gasteiger partial charge in [-0.3, -0.25) is 9.59 Å². The van der Waals surface area contributed by atoms with Gasteiger partial charge in [0.25, 0.3) is 0 Å². The first kappa shape index (κ1) is 49.6. The second-order valence-corrected chi connectivity index (χ2v) is 17.3. The summed E-state index contributed by atoms with van der Waals surface area (Å²) in [6, 6.07) is -1.32. The fourth-order valence-corrected chi connectivity index (χ4v) is 8.45. The van der Waals surface area contributed by atoms with E-state index in [0.29, 0.717) is 24.7 Å². The van der Waals surface area contributed by atoms with E-state index in [9.17, 15) is 9.59 Å². The topological polar surface area (TPSA) is 105 Å². The molecule has 0 aliphatic heterocycles. The van der Waals surface area contributed by atoms with Crippen LogP contribution in [-0.4, -0.2) is 48.7 Å². The van der Waals surface area contributed by atoms with Gasteiger partial charge in [0.1, 0.15) is 12.1 Å². The fourth-order valence-electron chi connectivity index (χ4n) is 6.24. The quantitative estimate of drug-likeness (QED) is 0.0362. The summed E-state index contributed by atoms with van der Waals surface area (Å²) >= 11 is 0. The first-order valence-corrected chi connectivity index (χ1v) is 24.1. The zero-order valence-electron chi connectivity index (χ0n) is 33.2. The van der Waals surface area contributed by atoms with Crippen molar-refractivity contribution in [2.24, 2.45) is 11.5 Å². The van der Waals surface area contributed by atoms with Crippen LogP contribution in [0.5, 0.6) is 0 Å². The number of carbonyl (C=O) groups excluding carboxylic acids is 2. The van der Waals surface area contributed by atoms with E-state index in [1.54, 1.807) is 0 Å². The van der Waals surface area contributed by atoms with Crippen LogP contribution in [0.15, 0.2) is 0 Å². The highest BCUT2D eigenvalue weighted by Crippen LogP contribution is 2.23. The van der Waals surface area contributed by atoms with Crippen molar-refractivity contribution < 1.29 is 19.1 Å². The van der Waals surface area contributed by atoms with Crippen molar-refractivity contribution >= 4 is 33.5 Å². The van der Waals surface area contributed by atoms with Gasteiger partial charge in [0, 0.05) is 11.5 Å². The van der Waals surface area contributed by atoms with E-state index in [4.69, 9.17) is 20.9 Å². The number of nitrogens with two attached hydrogens (primary N) is 2. The lowest BCUT2D eigenvalue weighted by molar-refractivity contribution is -0.145. The van der Waals surface area contributed by atoms with Crippen LogP contribution in [0.1, 0.15) is 219 Å². The molecule has 8 heteroatoms. The summed E-state index contributed by atoms with van der Waals surface area (Å²) in [4.78, 5) is 24.4. The van der Waals surface area contributed by atoms with Crippen LogP contribution in [0.3, 0.4) is 0 Å². The molecule has 0 aromatic carbocycles. The molecule has 0 aromatic heterocycles. The highest BCUT2D eigenvalue weighted by molar-refractivity contribution is 8.76. The Labute approximate surface area is 319 Å². The van der Waals surface area contributed by atoms with Crippen LogP contribution in [0.25, 0.3) is 0 Å². The Bertz CT molecular complexity index is 657. The van der Waals surface area contributed by atoms with Gasteiger partial charge >= 0.3 is 11.9 Å². The lowest BCUT2D eigenvalue weighted by Gasteiger charge is -2.13. The molecule has 6 nitrogen and oxygen atoms in total. The number of ether oxygens (including phenoxy) is 2. The predicted molar refractivity (Wildman–Crippen MR) is 222 cm³/mol. The molecule has 0 aliphatic rings. The molecule has 298 valence electrons. The molecule has 0 amide bonds. The first-order valence-electron chi connectivity index (χ1n) is 21.6. The summed E-state index contributed by atoms with van der Waals surface area (Å²) in [5.41, 5.74) is 12.0. The van der Waals surface area contributed by atoms with E-state index in [1.807, 2.05) is 0 Å². The summed E-state index contributed by atoms with van der Waals surface area (Å²) in [5.74, 6) is 0.176. The van der Waals surface area contributed by atoms with Crippen LogP contribution in [0.2, 0.25) is 0 Å². The molecular formula is C42H84N2O4S2. The minimum atomic E-state index is -0.661. The second-order valence-electron chi connectivity index (χ2n) is 14.7. The van der Waals surface area contributed by atoms with Gasteiger partial charge < -0.3 is 20.9 Å². The largest absolute Gasteiger partial charge is 0.465 e. The van der Waals surface area contributed by atoms with Crippen LogP contribution < -0.4 is 11.5 Å². The molecule has 0 aromatic rings. The third kappa shape index (κ3) is 37.3. The lowest BCUT2D eigenvalue weighted by atomic mass is 10.0. The molecule has 0 spiro atoms. The van der Waals surface area contributed by atoms with E-state index in [0.717, 1.165) is 25.7 Å². The molecule has 0 aliphatic carbocycles. The van der Waals surface area contributed by atoms with E-state index in [2.05, 4.69) is 13.8 Å². The van der Waals surface area contributed by atoms with Gasteiger partial charge in [0.2, 0.25) is 0 Å². The first-order chi connectivity index (χ1) is 24.5. The minimum Gasteiger partial charge on any atom is -0.465 e. The maximum absolute atomic E-state index is 12.2. The van der Waals surface area contributed by atoms with Crippen molar-refractivity contribution in [3.8, 4) is 0 Å². The Hall–Kier alpha value is -0.440. The summed E-state index contributed by atoms with van der Waals surface area (Å²) in [5, 5.41) is 0. The van der Waals surface area contributed by atoms with Gasteiger partial charge in [-0.15, -0.1) is 0 Å². The van der Waals surface area contributed by atoms with Gasteiger partial charge in [-0.05, 0) is 12.8 Å². The number of rotatable bonds is 41. The number of unbranched alkanes of at least 4 members (excludes halogenated alkanes) is 30. The zero-order valence-corrected chi connectivity index (χ0v) is 34.8. The smallest absolute Gasteiger partial charge is 0.323 e. The minimum absolute atomic E-state index is 0.346. The van der Waals surface area contributed by atoms with Gasteiger partial charge in [-0.2, -0.15) is 0 Å². The standard InChI is InChI=1S/C42H84N2O4S2/c1-3-5-7-9-11-13-15-17-19-21-23-25-27-29-31-33-35-47-41(45)39(43)37-49-50-38-40(44)42(46)48-36-34-32-30-28-26-24-22-20-18-16-14-12-10-8-6-4-2/h39-40H,3-38,43-44H2,1-2H3. The third-order valence-electron chi connectivity index (χ3n) is 9.67. The summed E-state index contributed by atoms with van der Waals surface area (Å²) in [6.07, 6.45) is 42.3. The molecule has 0 rings (SSSR count). The molecule has 50 heavy (non-hydrogen) atoms. The monoisotopic (exact) mass is 745 g/mol. The average Bonchev–Trinajstić information content (AvgIpc) is 3.12. The SMILES string of the molecule is CCCCCCCCCCCCCCCCCCOC(=O)C(N)CSSCC(N)C(=O)OCCCCCCCCCCCCCCCCCC. The number of carbonyl (C=O) groups is 2. The zero-order chi connectivity index (χ0) is 36.6. The normalized spacial score (nSPS) is 12.6. The second kappa shape index (κ2) is 41.3. The fraction of sp³-hybridized carbons (Fsp3) is 0.952. The van der Waals surface area contributed by atoms with Crippen LogP contribution in [0, 0.1) is 0 Å². The Morgan fingerprint density at radius 2 is 0.580 bits per heavy atom. The predicted octanol–water partition coefficient (Wildman–Crippen LogP) is 12.6. The molecule has 0 saturated carbocycles. The highest BCUT2D eigenvalue weighted by atomic mass is 33.1. The summed E-state index contributed by atoms with van der Waals surface area (Å²) in [7, 11) is 2.91. The van der Waals surface area contributed by atoms with Gasteiger partial charge in [-0.25, -0.2) is 0 Å². The van der Waals surface area contributed by atoms with Crippen molar-refractivity contribution in [2.75, 3.05) is 24.7 Å². The summed E-state index contributed by atoms with van der Waals surface area (Å²) in [6.45, 7) is 5.44. The van der Waals surface area contributed by atoms with E-state index >= 15 is 0 Å². The van der Waals surface area contributed by atoms with Crippen molar-refractivity contribution in [1.82, 2.24) is 0 Å². The van der Waals surface area contributed by atoms with Crippen LogP contribution in [0.4, 0.5) is 0 Å². The number of esters is 2. The van der Waals surface area contributed by atoms with Gasteiger partial charge in [0.05, 0.1) is 13.2 Å². The number of hydrogen-bond acceptors (Lipinski definition) is 8. The average molecular weight is 745 g/mol. The molecule has 0 heterocycles. The molecule has 4 N–H and O–H groups in total. The van der Waals surface area contributed by atoms with Crippen LogP contribution in [-0.2, 0) is 19.1 Å². The lowest BCUT2D eigenvalue weighted by Crippen LogP contribution is -2.35.